The number of hydrogen-bond donors (Lipinski definition) is 2. The van der Waals surface area contributed by atoms with Crippen LogP contribution in [0, 0.1) is 0 Å². The minimum atomic E-state index is -0.405. The summed E-state index contributed by atoms with van der Waals surface area (Å²) >= 11 is 0. The first-order chi connectivity index (χ1) is 12.8. The molecular formula is C19H19N5O2. The average molecular weight is 349 g/mol. The molecule has 1 aliphatic rings. The molecule has 3 aromatic rings. The third-order valence-electron chi connectivity index (χ3n) is 4.26. The van der Waals surface area contributed by atoms with Gasteiger partial charge in [-0.3, -0.25) is 4.79 Å². The van der Waals surface area contributed by atoms with Crippen LogP contribution in [-0.2, 0) is 11.3 Å². The number of hydrogen-bond acceptors (Lipinski definition) is 6. The second kappa shape index (κ2) is 7.26. The van der Waals surface area contributed by atoms with E-state index in [-0.39, 0.29) is 5.91 Å². The van der Waals surface area contributed by atoms with Crippen molar-refractivity contribution in [3.63, 3.8) is 0 Å². The fourth-order valence-electron chi connectivity index (χ4n) is 3.05. The van der Waals surface area contributed by atoms with Crippen LogP contribution in [0.2, 0.25) is 0 Å². The van der Waals surface area contributed by atoms with Crippen LogP contribution < -0.4 is 15.5 Å². The number of aromatic nitrogens is 2. The van der Waals surface area contributed by atoms with Crippen molar-refractivity contribution in [1.29, 1.82) is 0 Å². The zero-order chi connectivity index (χ0) is 17.8. The minimum absolute atomic E-state index is 0.0221. The van der Waals surface area contributed by atoms with E-state index >= 15 is 0 Å². The number of benzene rings is 1. The van der Waals surface area contributed by atoms with Crippen molar-refractivity contribution in [2.75, 3.05) is 23.3 Å². The topological polar surface area (TPSA) is 83.3 Å². The van der Waals surface area contributed by atoms with Gasteiger partial charge in [0.1, 0.15) is 17.6 Å². The molecule has 1 saturated heterocycles. The standard InChI is InChI=1S/C19H19N5O2/c25-18-17(14-5-2-1-3-6-14)24(11-10-20-18)16-8-9-21-19(23-16)22-13-15-7-4-12-26-15/h1-9,12,17H,10-11,13H2,(H,20,25)(H,21,22,23). The molecule has 132 valence electrons. The van der Waals surface area contributed by atoms with E-state index in [1.165, 1.54) is 0 Å². The number of piperazine rings is 1. The van der Waals surface area contributed by atoms with Crippen molar-refractivity contribution in [3.05, 3.63) is 72.3 Å². The van der Waals surface area contributed by atoms with Gasteiger partial charge in [0.25, 0.3) is 0 Å². The Balaban J connectivity index is 1.58. The summed E-state index contributed by atoms with van der Waals surface area (Å²) in [5.41, 5.74) is 0.938. The molecule has 7 heteroatoms. The molecule has 1 unspecified atom stereocenters. The van der Waals surface area contributed by atoms with Crippen molar-refractivity contribution in [3.8, 4) is 0 Å². The van der Waals surface area contributed by atoms with Crippen LogP contribution in [0.5, 0.6) is 0 Å². The summed E-state index contributed by atoms with van der Waals surface area (Å²) < 4.78 is 5.31. The zero-order valence-electron chi connectivity index (χ0n) is 14.1. The van der Waals surface area contributed by atoms with Crippen molar-refractivity contribution in [1.82, 2.24) is 15.3 Å². The fraction of sp³-hybridized carbons (Fsp3) is 0.211. The number of rotatable bonds is 5. The maximum absolute atomic E-state index is 12.5. The Labute approximate surface area is 151 Å². The zero-order valence-corrected chi connectivity index (χ0v) is 14.1. The SMILES string of the molecule is O=C1NCCN(c2ccnc(NCc3ccco3)n2)C1c1ccccc1. The first-order valence-corrected chi connectivity index (χ1v) is 8.50. The van der Waals surface area contributed by atoms with E-state index < -0.39 is 6.04 Å². The molecule has 1 aromatic carbocycles. The molecule has 0 aliphatic carbocycles. The summed E-state index contributed by atoms with van der Waals surface area (Å²) in [6, 6.07) is 14.9. The van der Waals surface area contributed by atoms with Crippen LogP contribution in [0.15, 0.2) is 65.4 Å². The molecule has 7 nitrogen and oxygen atoms in total. The smallest absolute Gasteiger partial charge is 0.247 e. The van der Waals surface area contributed by atoms with E-state index in [0.29, 0.717) is 31.4 Å². The summed E-state index contributed by atoms with van der Waals surface area (Å²) in [6.45, 7) is 1.76. The Hall–Kier alpha value is -3.35. The Kier molecular flexibility index (Phi) is 4.51. The lowest BCUT2D eigenvalue weighted by atomic mass is 10.0. The predicted octanol–water partition coefficient (Wildman–Crippen LogP) is 2.36. The Bertz CT molecular complexity index is 867. The van der Waals surface area contributed by atoms with Gasteiger partial charge < -0.3 is 20.0 Å². The van der Waals surface area contributed by atoms with Crippen LogP contribution in [0.1, 0.15) is 17.4 Å². The number of nitrogens with zero attached hydrogens (tertiary/aromatic N) is 3. The lowest BCUT2D eigenvalue weighted by Gasteiger charge is -2.36. The summed E-state index contributed by atoms with van der Waals surface area (Å²) in [4.78, 5) is 23.4. The third-order valence-corrected chi connectivity index (χ3v) is 4.26. The van der Waals surface area contributed by atoms with Gasteiger partial charge in [0.15, 0.2) is 0 Å². The molecule has 1 atom stereocenters. The van der Waals surface area contributed by atoms with Gasteiger partial charge in [-0.2, -0.15) is 4.98 Å². The van der Waals surface area contributed by atoms with E-state index in [4.69, 9.17) is 4.42 Å². The average Bonchev–Trinajstić information content (AvgIpc) is 3.21. The van der Waals surface area contributed by atoms with Crippen LogP contribution in [0.4, 0.5) is 11.8 Å². The first-order valence-electron chi connectivity index (χ1n) is 8.50. The third kappa shape index (κ3) is 3.37. The highest BCUT2D eigenvalue weighted by molar-refractivity contribution is 5.87. The summed E-state index contributed by atoms with van der Waals surface area (Å²) in [6.07, 6.45) is 3.33. The van der Waals surface area contributed by atoms with E-state index in [1.807, 2.05) is 53.4 Å². The van der Waals surface area contributed by atoms with Gasteiger partial charge in [-0.25, -0.2) is 4.98 Å². The fourth-order valence-corrected chi connectivity index (χ4v) is 3.05. The lowest BCUT2D eigenvalue weighted by Crippen LogP contribution is -2.50. The number of anilines is 2. The largest absolute Gasteiger partial charge is 0.467 e. The summed E-state index contributed by atoms with van der Waals surface area (Å²) in [5.74, 6) is 1.99. The number of nitrogens with one attached hydrogen (secondary N) is 2. The molecule has 2 N–H and O–H groups in total. The van der Waals surface area contributed by atoms with Crippen molar-refractivity contribution < 1.29 is 9.21 Å². The Morgan fingerprint density at radius 2 is 2.08 bits per heavy atom. The summed E-state index contributed by atoms with van der Waals surface area (Å²) in [5, 5.41) is 6.09. The monoisotopic (exact) mass is 349 g/mol. The number of amides is 1. The van der Waals surface area contributed by atoms with Gasteiger partial charge >= 0.3 is 0 Å². The molecule has 1 fully saturated rings. The summed E-state index contributed by atoms with van der Waals surface area (Å²) in [7, 11) is 0. The predicted molar refractivity (Wildman–Crippen MR) is 97.6 cm³/mol. The van der Waals surface area contributed by atoms with Gasteiger partial charge in [0.05, 0.1) is 12.8 Å². The number of furan rings is 1. The van der Waals surface area contributed by atoms with Crippen LogP contribution in [0.25, 0.3) is 0 Å². The molecule has 4 rings (SSSR count). The number of carbonyl (C=O) groups is 1. The second-order valence-electron chi connectivity index (χ2n) is 5.97. The molecule has 0 radical (unpaired) electrons. The Morgan fingerprint density at radius 1 is 1.19 bits per heavy atom. The first kappa shape index (κ1) is 16.1. The highest BCUT2D eigenvalue weighted by Gasteiger charge is 2.32. The molecule has 2 aromatic heterocycles. The highest BCUT2D eigenvalue weighted by Crippen LogP contribution is 2.28. The van der Waals surface area contributed by atoms with E-state index in [2.05, 4.69) is 20.6 Å². The molecular weight excluding hydrogens is 330 g/mol. The van der Waals surface area contributed by atoms with Crippen molar-refractivity contribution >= 4 is 17.7 Å². The van der Waals surface area contributed by atoms with Gasteiger partial charge in [0, 0.05) is 19.3 Å². The molecule has 0 bridgehead atoms. The van der Waals surface area contributed by atoms with Crippen molar-refractivity contribution in [2.24, 2.45) is 0 Å². The van der Waals surface area contributed by atoms with E-state index in [9.17, 15) is 4.79 Å². The van der Waals surface area contributed by atoms with Crippen LogP contribution in [-0.4, -0.2) is 29.0 Å². The number of carbonyl (C=O) groups excluding carboxylic acids is 1. The maximum Gasteiger partial charge on any atom is 0.247 e. The quantitative estimate of drug-likeness (QED) is 0.736. The van der Waals surface area contributed by atoms with Crippen LogP contribution in [0.3, 0.4) is 0 Å². The minimum Gasteiger partial charge on any atom is -0.467 e. The second-order valence-corrected chi connectivity index (χ2v) is 5.97. The molecule has 1 amide bonds. The molecule has 26 heavy (non-hydrogen) atoms. The van der Waals surface area contributed by atoms with Gasteiger partial charge in [0.2, 0.25) is 11.9 Å². The van der Waals surface area contributed by atoms with Crippen LogP contribution >= 0.6 is 0 Å². The molecule has 0 saturated carbocycles. The maximum atomic E-state index is 12.5. The lowest BCUT2D eigenvalue weighted by molar-refractivity contribution is -0.123. The molecule has 1 aliphatic heterocycles. The van der Waals surface area contributed by atoms with Gasteiger partial charge in [-0.05, 0) is 23.8 Å². The molecule has 0 spiro atoms. The van der Waals surface area contributed by atoms with Gasteiger partial charge in [-0.15, -0.1) is 0 Å². The van der Waals surface area contributed by atoms with E-state index in [0.717, 1.165) is 11.3 Å². The Morgan fingerprint density at radius 3 is 2.88 bits per heavy atom. The normalized spacial score (nSPS) is 17.0. The molecule has 3 heterocycles. The van der Waals surface area contributed by atoms with Crippen molar-refractivity contribution in [2.45, 2.75) is 12.6 Å². The van der Waals surface area contributed by atoms with Gasteiger partial charge in [-0.1, -0.05) is 30.3 Å². The van der Waals surface area contributed by atoms with E-state index in [1.54, 1.807) is 12.5 Å². The highest BCUT2D eigenvalue weighted by atomic mass is 16.3.